The summed E-state index contributed by atoms with van der Waals surface area (Å²) in [6.45, 7) is 1.85. The van der Waals surface area contributed by atoms with Crippen LogP contribution in [0.5, 0.6) is 0 Å². The molecule has 1 aromatic rings. The van der Waals surface area contributed by atoms with Crippen molar-refractivity contribution in [1.82, 2.24) is 10.2 Å². The van der Waals surface area contributed by atoms with E-state index in [1.807, 2.05) is 19.2 Å². The monoisotopic (exact) mass is 298 g/mol. The van der Waals surface area contributed by atoms with E-state index in [1.165, 1.54) is 37.7 Å². The molecule has 3 nitrogen and oxygen atoms in total. The molecule has 118 valence electrons. The number of carbonyl (C=O) groups is 1. The van der Waals surface area contributed by atoms with Crippen molar-refractivity contribution in [2.24, 2.45) is 17.8 Å². The van der Waals surface area contributed by atoms with Crippen LogP contribution in [-0.4, -0.2) is 30.4 Å². The maximum atomic E-state index is 13.0. The molecule has 1 amide bonds. The van der Waals surface area contributed by atoms with Crippen LogP contribution in [0.15, 0.2) is 24.3 Å². The van der Waals surface area contributed by atoms with Crippen molar-refractivity contribution in [2.75, 3.05) is 13.6 Å². The molecule has 5 rings (SSSR count). The van der Waals surface area contributed by atoms with Gasteiger partial charge in [0.15, 0.2) is 0 Å². The summed E-state index contributed by atoms with van der Waals surface area (Å²) in [5.74, 6) is 2.79. The smallest absolute Gasteiger partial charge is 0.254 e. The Morgan fingerprint density at radius 2 is 1.68 bits per heavy atom. The number of hydrogen-bond donors (Lipinski definition) is 1. The van der Waals surface area contributed by atoms with Crippen LogP contribution in [0.3, 0.4) is 0 Å². The summed E-state index contributed by atoms with van der Waals surface area (Å²) in [5, 5.41) is 3.15. The molecule has 4 aliphatic rings. The van der Waals surface area contributed by atoms with Gasteiger partial charge in [-0.15, -0.1) is 0 Å². The number of rotatable bonds is 3. The van der Waals surface area contributed by atoms with E-state index in [0.29, 0.717) is 6.04 Å². The molecule has 2 saturated heterocycles. The number of carbonyl (C=O) groups excluding carboxylic acids is 1. The highest BCUT2D eigenvalue weighted by Crippen LogP contribution is 2.47. The standard InChI is InChI=1S/C19H26N2O/c1-20-11-13-2-4-17(5-3-13)19(22)21-12-16-7-14-6-15(8-16)10-18(21)9-14/h2-5,14-16,18,20H,6-12H2,1H3. The molecule has 2 aliphatic heterocycles. The lowest BCUT2D eigenvalue weighted by Crippen LogP contribution is -2.42. The zero-order valence-corrected chi connectivity index (χ0v) is 13.4. The zero-order chi connectivity index (χ0) is 15.1. The van der Waals surface area contributed by atoms with Gasteiger partial charge in [-0.2, -0.15) is 0 Å². The van der Waals surface area contributed by atoms with Crippen LogP contribution in [0.2, 0.25) is 0 Å². The molecular weight excluding hydrogens is 272 g/mol. The highest BCUT2D eigenvalue weighted by atomic mass is 16.2. The van der Waals surface area contributed by atoms with Gasteiger partial charge < -0.3 is 10.2 Å². The molecule has 4 fully saturated rings. The second kappa shape index (κ2) is 5.69. The lowest BCUT2D eigenvalue weighted by Gasteiger charge is -2.39. The van der Waals surface area contributed by atoms with Crippen LogP contribution in [0.25, 0.3) is 0 Å². The summed E-state index contributed by atoms with van der Waals surface area (Å²) in [6, 6.07) is 8.66. The van der Waals surface area contributed by atoms with Gasteiger partial charge in [0.05, 0.1) is 0 Å². The van der Waals surface area contributed by atoms with Gasteiger partial charge in [0.2, 0.25) is 0 Å². The van der Waals surface area contributed by atoms with Gasteiger partial charge in [0.1, 0.15) is 0 Å². The Balaban J connectivity index is 1.54. The Bertz CT molecular complexity index is 539. The predicted octanol–water partition coefficient (Wildman–Crippen LogP) is 3.06. The fourth-order valence-corrected chi connectivity index (χ4v) is 5.17. The van der Waals surface area contributed by atoms with Gasteiger partial charge in [-0.05, 0) is 74.6 Å². The first kappa shape index (κ1) is 14.3. The van der Waals surface area contributed by atoms with Crippen molar-refractivity contribution in [2.45, 2.75) is 44.7 Å². The van der Waals surface area contributed by atoms with Gasteiger partial charge in [-0.1, -0.05) is 12.1 Å². The first-order chi connectivity index (χ1) is 10.7. The van der Waals surface area contributed by atoms with Gasteiger partial charge >= 0.3 is 0 Å². The first-order valence-electron chi connectivity index (χ1n) is 8.77. The molecule has 0 spiro atoms. The zero-order valence-electron chi connectivity index (χ0n) is 13.4. The number of nitrogens with zero attached hydrogens (tertiary/aromatic N) is 1. The Hall–Kier alpha value is -1.35. The molecule has 0 radical (unpaired) electrons. The highest BCUT2D eigenvalue weighted by Gasteiger charge is 2.44. The van der Waals surface area contributed by atoms with Crippen molar-refractivity contribution in [1.29, 1.82) is 0 Å². The molecule has 2 saturated carbocycles. The van der Waals surface area contributed by atoms with Crippen LogP contribution in [-0.2, 0) is 6.54 Å². The van der Waals surface area contributed by atoms with E-state index in [9.17, 15) is 4.79 Å². The number of nitrogens with one attached hydrogen (secondary N) is 1. The number of benzene rings is 1. The molecule has 4 bridgehead atoms. The molecule has 22 heavy (non-hydrogen) atoms. The minimum absolute atomic E-state index is 0.259. The van der Waals surface area contributed by atoms with Crippen molar-refractivity contribution >= 4 is 5.91 Å². The van der Waals surface area contributed by atoms with E-state index in [-0.39, 0.29) is 5.91 Å². The highest BCUT2D eigenvalue weighted by molar-refractivity contribution is 5.94. The minimum atomic E-state index is 0.259. The van der Waals surface area contributed by atoms with Crippen molar-refractivity contribution < 1.29 is 4.79 Å². The Kier molecular flexibility index (Phi) is 3.69. The fourth-order valence-electron chi connectivity index (χ4n) is 5.17. The lowest BCUT2D eigenvalue weighted by atomic mass is 9.68. The van der Waals surface area contributed by atoms with Gasteiger partial charge in [0.25, 0.3) is 5.91 Å². The molecule has 2 unspecified atom stereocenters. The molecular formula is C19H26N2O. The van der Waals surface area contributed by atoms with Crippen molar-refractivity contribution in [3.05, 3.63) is 35.4 Å². The van der Waals surface area contributed by atoms with E-state index < -0.39 is 0 Å². The molecule has 3 heteroatoms. The van der Waals surface area contributed by atoms with Crippen LogP contribution in [0.4, 0.5) is 0 Å². The summed E-state index contributed by atoms with van der Waals surface area (Å²) in [5.41, 5.74) is 2.09. The maximum absolute atomic E-state index is 13.0. The Morgan fingerprint density at radius 3 is 2.32 bits per heavy atom. The third-order valence-corrected chi connectivity index (χ3v) is 5.95. The second-order valence-corrected chi connectivity index (χ2v) is 7.62. The quantitative estimate of drug-likeness (QED) is 0.930. The number of amides is 1. The van der Waals surface area contributed by atoms with E-state index >= 15 is 0 Å². The molecule has 1 N–H and O–H groups in total. The minimum Gasteiger partial charge on any atom is -0.335 e. The van der Waals surface area contributed by atoms with Gasteiger partial charge in [-0.3, -0.25) is 4.79 Å². The summed E-state index contributed by atoms with van der Waals surface area (Å²) in [6.07, 6.45) is 6.64. The fraction of sp³-hybridized carbons (Fsp3) is 0.632. The van der Waals surface area contributed by atoms with E-state index in [2.05, 4.69) is 22.3 Å². The first-order valence-corrected chi connectivity index (χ1v) is 8.77. The van der Waals surface area contributed by atoms with Crippen LogP contribution in [0, 0.1) is 17.8 Å². The van der Waals surface area contributed by atoms with Crippen LogP contribution in [0.1, 0.15) is 48.0 Å². The third kappa shape index (κ3) is 2.56. The Labute approximate surface area is 133 Å². The summed E-state index contributed by atoms with van der Waals surface area (Å²) in [4.78, 5) is 15.2. The average Bonchev–Trinajstić information content (AvgIpc) is 2.71. The van der Waals surface area contributed by atoms with Crippen molar-refractivity contribution in [3.63, 3.8) is 0 Å². The van der Waals surface area contributed by atoms with E-state index in [0.717, 1.165) is 36.4 Å². The normalized spacial score (nSPS) is 33.0. The van der Waals surface area contributed by atoms with Crippen LogP contribution >= 0.6 is 0 Å². The second-order valence-electron chi connectivity index (χ2n) is 7.62. The topological polar surface area (TPSA) is 32.3 Å². The van der Waals surface area contributed by atoms with Crippen molar-refractivity contribution in [3.8, 4) is 0 Å². The van der Waals surface area contributed by atoms with Gasteiger partial charge in [0, 0.05) is 24.7 Å². The van der Waals surface area contributed by atoms with E-state index in [4.69, 9.17) is 0 Å². The Morgan fingerprint density at radius 1 is 1.05 bits per heavy atom. The largest absolute Gasteiger partial charge is 0.335 e. The molecule has 2 aliphatic carbocycles. The predicted molar refractivity (Wildman–Crippen MR) is 87.6 cm³/mol. The third-order valence-electron chi connectivity index (χ3n) is 5.95. The molecule has 0 aromatic heterocycles. The van der Waals surface area contributed by atoms with Gasteiger partial charge in [-0.25, -0.2) is 0 Å². The summed E-state index contributed by atoms with van der Waals surface area (Å²) >= 11 is 0. The number of fused-ring (bicyclic) bond motifs is 1. The number of hydrogen-bond acceptors (Lipinski definition) is 2. The lowest BCUT2D eigenvalue weighted by molar-refractivity contribution is 0.0632. The average molecular weight is 298 g/mol. The maximum Gasteiger partial charge on any atom is 0.254 e. The van der Waals surface area contributed by atoms with E-state index in [1.54, 1.807) is 0 Å². The SMILES string of the molecule is CNCc1ccc(C(=O)N2CC3CC4CC(C3)CC2C4)cc1. The molecule has 2 heterocycles. The summed E-state index contributed by atoms with van der Waals surface area (Å²) < 4.78 is 0. The van der Waals surface area contributed by atoms with Crippen LogP contribution < -0.4 is 5.32 Å². The molecule has 1 aromatic carbocycles. The summed E-state index contributed by atoms with van der Waals surface area (Å²) in [7, 11) is 1.95. The molecule has 2 atom stereocenters.